The largest absolute Gasteiger partial charge is 0.371 e. The molecule has 1 amide bonds. The summed E-state index contributed by atoms with van der Waals surface area (Å²) in [6, 6.07) is 16.8. The van der Waals surface area contributed by atoms with Crippen LogP contribution in [-0.4, -0.2) is 56.4 Å². The molecule has 1 aromatic heterocycles. The second-order valence-electron chi connectivity index (χ2n) is 9.20. The number of piperidine rings is 2. The first-order valence-electron chi connectivity index (χ1n) is 11.9. The van der Waals surface area contributed by atoms with E-state index in [4.69, 9.17) is 0 Å². The highest BCUT2D eigenvalue weighted by Crippen LogP contribution is 2.26. The Hall–Kier alpha value is -2.97. The zero-order valence-corrected chi connectivity index (χ0v) is 20.0. The van der Waals surface area contributed by atoms with E-state index >= 15 is 0 Å². The first-order valence-corrected chi connectivity index (χ1v) is 13.4. The Morgan fingerprint density at radius 2 is 1.53 bits per heavy atom. The van der Waals surface area contributed by atoms with Crippen molar-refractivity contribution in [3.63, 3.8) is 0 Å². The maximum Gasteiger partial charge on any atom is 0.240 e. The number of anilines is 1. The summed E-state index contributed by atoms with van der Waals surface area (Å²) in [5, 5.41) is 1.92. The number of nitrogens with one attached hydrogen (secondary N) is 1. The molecule has 7 nitrogen and oxygen atoms in total. The van der Waals surface area contributed by atoms with Gasteiger partial charge in [-0.15, -0.1) is 0 Å². The van der Waals surface area contributed by atoms with E-state index in [1.54, 1.807) is 24.5 Å². The van der Waals surface area contributed by atoms with Gasteiger partial charge in [0.2, 0.25) is 15.9 Å². The van der Waals surface area contributed by atoms with Gasteiger partial charge in [0.05, 0.1) is 4.90 Å². The molecule has 34 heavy (non-hydrogen) atoms. The first-order chi connectivity index (χ1) is 16.5. The molecule has 0 saturated carbocycles. The van der Waals surface area contributed by atoms with Crippen LogP contribution in [0.15, 0.2) is 71.9 Å². The van der Waals surface area contributed by atoms with E-state index in [2.05, 4.69) is 14.6 Å². The topological polar surface area (TPSA) is 82.6 Å². The van der Waals surface area contributed by atoms with E-state index in [0.717, 1.165) is 42.4 Å². The molecule has 0 spiro atoms. The molecule has 8 heteroatoms. The Bertz CT molecular complexity index is 1250. The number of rotatable bonds is 5. The minimum Gasteiger partial charge on any atom is -0.371 e. The first kappa shape index (κ1) is 22.8. The molecule has 3 heterocycles. The standard InChI is InChI=1S/C26H30N4O3S/c31-26(21-9-15-29(16-10-21)24-7-13-27-14-8-24)30-17-11-23(12-18-30)28-34(32,33)25-6-5-20-3-1-2-4-22(20)19-25/h1-8,13-14,19,21,23,28H,9-12,15-18H2. The quantitative estimate of drug-likeness (QED) is 0.608. The number of carbonyl (C=O) groups is 1. The fraction of sp³-hybridized carbons (Fsp3) is 0.385. The molecule has 0 radical (unpaired) electrons. The van der Waals surface area contributed by atoms with E-state index in [-0.39, 0.29) is 22.8 Å². The van der Waals surface area contributed by atoms with E-state index in [1.807, 2.05) is 47.4 Å². The molecule has 178 valence electrons. The molecule has 2 aliphatic rings. The van der Waals surface area contributed by atoms with Crippen molar-refractivity contribution in [1.82, 2.24) is 14.6 Å². The number of sulfonamides is 1. The molecular formula is C26H30N4O3S. The summed E-state index contributed by atoms with van der Waals surface area (Å²) in [5.41, 5.74) is 1.15. The van der Waals surface area contributed by atoms with Gasteiger partial charge in [-0.2, -0.15) is 0 Å². The normalized spacial score (nSPS) is 18.4. The lowest BCUT2D eigenvalue weighted by atomic mass is 9.93. The highest BCUT2D eigenvalue weighted by Gasteiger charge is 2.32. The number of benzene rings is 2. The Balaban J connectivity index is 1.13. The monoisotopic (exact) mass is 478 g/mol. The Morgan fingerprint density at radius 3 is 2.24 bits per heavy atom. The van der Waals surface area contributed by atoms with Crippen LogP contribution in [0.4, 0.5) is 5.69 Å². The zero-order chi connectivity index (χ0) is 23.5. The van der Waals surface area contributed by atoms with Gasteiger partial charge in [0.25, 0.3) is 0 Å². The molecule has 0 unspecified atom stereocenters. The van der Waals surface area contributed by atoms with E-state index < -0.39 is 10.0 Å². The van der Waals surface area contributed by atoms with Gasteiger partial charge in [0.15, 0.2) is 0 Å². The lowest BCUT2D eigenvalue weighted by Gasteiger charge is -2.38. The van der Waals surface area contributed by atoms with Gasteiger partial charge in [-0.1, -0.05) is 30.3 Å². The molecule has 1 N–H and O–H groups in total. The molecule has 2 aromatic carbocycles. The van der Waals surface area contributed by atoms with Crippen LogP contribution in [0.3, 0.4) is 0 Å². The summed E-state index contributed by atoms with van der Waals surface area (Å²) >= 11 is 0. The van der Waals surface area contributed by atoms with Gasteiger partial charge in [-0.25, -0.2) is 13.1 Å². The third-order valence-electron chi connectivity index (χ3n) is 7.03. The van der Waals surface area contributed by atoms with Crippen LogP contribution in [-0.2, 0) is 14.8 Å². The van der Waals surface area contributed by atoms with Crippen LogP contribution in [0, 0.1) is 5.92 Å². The number of pyridine rings is 1. The summed E-state index contributed by atoms with van der Waals surface area (Å²) in [6.07, 6.45) is 6.55. The number of fused-ring (bicyclic) bond motifs is 1. The van der Waals surface area contributed by atoms with Gasteiger partial charge in [-0.05, 0) is 60.7 Å². The highest BCUT2D eigenvalue weighted by molar-refractivity contribution is 7.89. The number of carbonyl (C=O) groups excluding carboxylic acids is 1. The molecule has 0 aliphatic carbocycles. The molecule has 3 aromatic rings. The van der Waals surface area contributed by atoms with Crippen molar-refractivity contribution >= 4 is 32.4 Å². The summed E-state index contributed by atoms with van der Waals surface area (Å²) in [4.78, 5) is 21.7. The third-order valence-corrected chi connectivity index (χ3v) is 8.55. The fourth-order valence-electron chi connectivity index (χ4n) is 5.04. The summed E-state index contributed by atoms with van der Waals surface area (Å²) < 4.78 is 28.8. The Morgan fingerprint density at radius 1 is 0.853 bits per heavy atom. The molecule has 0 bridgehead atoms. The van der Waals surface area contributed by atoms with Crippen LogP contribution >= 0.6 is 0 Å². The molecule has 2 aliphatic heterocycles. The summed E-state index contributed by atoms with van der Waals surface area (Å²) in [5.74, 6) is 0.258. The van der Waals surface area contributed by atoms with Crippen molar-refractivity contribution in [2.24, 2.45) is 5.92 Å². The average Bonchev–Trinajstić information content (AvgIpc) is 2.89. The number of amides is 1. The second-order valence-corrected chi connectivity index (χ2v) is 10.9. The Kier molecular flexibility index (Phi) is 6.52. The fourth-order valence-corrected chi connectivity index (χ4v) is 6.38. The Labute approximate surface area is 200 Å². The SMILES string of the molecule is O=C(C1CCN(c2ccncc2)CC1)N1CCC(NS(=O)(=O)c2ccc3ccccc3c2)CC1. The number of aromatic nitrogens is 1. The van der Waals surface area contributed by atoms with E-state index in [9.17, 15) is 13.2 Å². The van der Waals surface area contributed by atoms with Crippen molar-refractivity contribution in [2.45, 2.75) is 36.6 Å². The van der Waals surface area contributed by atoms with Gasteiger partial charge in [-0.3, -0.25) is 9.78 Å². The maximum atomic E-state index is 13.1. The zero-order valence-electron chi connectivity index (χ0n) is 19.1. The predicted octanol–water partition coefficient (Wildman–Crippen LogP) is 3.42. The van der Waals surface area contributed by atoms with Crippen LogP contribution in [0.1, 0.15) is 25.7 Å². The molecular weight excluding hydrogens is 448 g/mol. The van der Waals surface area contributed by atoms with Gasteiger partial charge in [0, 0.05) is 56.2 Å². The van der Waals surface area contributed by atoms with Gasteiger partial charge >= 0.3 is 0 Å². The summed E-state index contributed by atoms with van der Waals surface area (Å²) in [6.45, 7) is 2.91. The minimum absolute atomic E-state index is 0.0453. The van der Waals surface area contributed by atoms with Gasteiger partial charge in [0.1, 0.15) is 0 Å². The summed E-state index contributed by atoms with van der Waals surface area (Å²) in [7, 11) is -3.61. The number of hydrogen-bond donors (Lipinski definition) is 1. The third kappa shape index (κ3) is 4.93. The van der Waals surface area contributed by atoms with Crippen LogP contribution < -0.4 is 9.62 Å². The maximum absolute atomic E-state index is 13.1. The van der Waals surface area contributed by atoms with Crippen molar-refractivity contribution < 1.29 is 13.2 Å². The molecule has 2 fully saturated rings. The van der Waals surface area contributed by atoms with Crippen LogP contribution in [0.2, 0.25) is 0 Å². The van der Waals surface area contributed by atoms with Crippen molar-refractivity contribution in [1.29, 1.82) is 0 Å². The number of likely N-dealkylation sites (tertiary alicyclic amines) is 1. The predicted molar refractivity (Wildman–Crippen MR) is 133 cm³/mol. The van der Waals surface area contributed by atoms with Gasteiger partial charge < -0.3 is 9.80 Å². The smallest absolute Gasteiger partial charge is 0.240 e. The van der Waals surface area contributed by atoms with E-state index in [0.29, 0.717) is 25.9 Å². The van der Waals surface area contributed by atoms with Crippen LogP contribution in [0.25, 0.3) is 10.8 Å². The van der Waals surface area contributed by atoms with Crippen molar-refractivity contribution in [3.05, 3.63) is 67.0 Å². The molecule has 5 rings (SSSR count). The highest BCUT2D eigenvalue weighted by atomic mass is 32.2. The average molecular weight is 479 g/mol. The van der Waals surface area contributed by atoms with Crippen molar-refractivity contribution in [2.75, 3.05) is 31.1 Å². The second kappa shape index (κ2) is 9.72. The molecule has 0 atom stereocenters. The van der Waals surface area contributed by atoms with Crippen LogP contribution in [0.5, 0.6) is 0 Å². The lowest BCUT2D eigenvalue weighted by Crippen LogP contribution is -2.49. The number of nitrogens with zero attached hydrogens (tertiary/aromatic N) is 3. The number of hydrogen-bond acceptors (Lipinski definition) is 5. The van der Waals surface area contributed by atoms with E-state index in [1.165, 1.54) is 0 Å². The molecule has 2 saturated heterocycles. The van der Waals surface area contributed by atoms with Crippen molar-refractivity contribution in [3.8, 4) is 0 Å². The lowest BCUT2D eigenvalue weighted by molar-refractivity contribution is -0.137. The minimum atomic E-state index is -3.61.